The monoisotopic (exact) mass is 381 g/mol. The third-order valence-electron chi connectivity index (χ3n) is 3.76. The van der Waals surface area contributed by atoms with Crippen molar-refractivity contribution in [2.24, 2.45) is 0 Å². The van der Waals surface area contributed by atoms with Gasteiger partial charge in [0.05, 0.1) is 18.4 Å². The highest BCUT2D eigenvalue weighted by molar-refractivity contribution is 6.31. The number of carbonyl (C=O) groups is 2. The first-order valence-corrected chi connectivity index (χ1v) is 8.41. The molecule has 3 aromatic rings. The molecule has 2 N–H and O–H groups in total. The van der Waals surface area contributed by atoms with E-state index in [4.69, 9.17) is 16.3 Å². The van der Waals surface area contributed by atoms with Crippen LogP contribution in [0.25, 0.3) is 0 Å². The number of halogens is 1. The Kier molecular flexibility index (Phi) is 5.68. The average molecular weight is 382 g/mol. The van der Waals surface area contributed by atoms with E-state index in [1.165, 1.54) is 6.07 Å². The van der Waals surface area contributed by atoms with Gasteiger partial charge in [-0.3, -0.25) is 14.6 Å². The van der Waals surface area contributed by atoms with E-state index in [0.29, 0.717) is 27.7 Å². The summed E-state index contributed by atoms with van der Waals surface area (Å²) in [6.45, 7) is 0. The highest BCUT2D eigenvalue weighted by Crippen LogP contribution is 2.23. The van der Waals surface area contributed by atoms with Gasteiger partial charge in [0.2, 0.25) is 0 Å². The summed E-state index contributed by atoms with van der Waals surface area (Å²) in [6.07, 6.45) is 3.14. The number of amides is 2. The van der Waals surface area contributed by atoms with Gasteiger partial charge in [-0.25, -0.2) is 0 Å². The number of nitrogens with zero attached hydrogens (tertiary/aromatic N) is 1. The molecule has 1 aromatic heterocycles. The summed E-state index contributed by atoms with van der Waals surface area (Å²) in [5.74, 6) is -0.0953. The van der Waals surface area contributed by atoms with Crippen LogP contribution >= 0.6 is 11.6 Å². The van der Waals surface area contributed by atoms with E-state index in [9.17, 15) is 9.59 Å². The maximum atomic E-state index is 12.6. The molecule has 0 unspecified atom stereocenters. The van der Waals surface area contributed by atoms with E-state index < -0.39 is 5.91 Å². The first-order valence-electron chi connectivity index (χ1n) is 8.03. The van der Waals surface area contributed by atoms with Crippen molar-refractivity contribution in [1.82, 2.24) is 4.98 Å². The molecular weight excluding hydrogens is 366 g/mol. The molecule has 0 aliphatic heterocycles. The minimum atomic E-state index is -0.395. The molecule has 1 heterocycles. The maximum Gasteiger partial charge on any atom is 0.257 e. The lowest BCUT2D eigenvalue weighted by atomic mass is 10.1. The number of nitrogens with one attached hydrogen (secondary N) is 2. The molecular formula is C20H16ClN3O3. The minimum absolute atomic E-state index is 0.251. The number of hydrogen-bond donors (Lipinski definition) is 2. The second kappa shape index (κ2) is 8.33. The van der Waals surface area contributed by atoms with Crippen LogP contribution in [0, 0.1) is 0 Å². The third kappa shape index (κ3) is 4.62. The lowest BCUT2D eigenvalue weighted by Crippen LogP contribution is -2.18. The van der Waals surface area contributed by atoms with Crippen molar-refractivity contribution in [3.8, 4) is 5.75 Å². The van der Waals surface area contributed by atoms with E-state index >= 15 is 0 Å². The summed E-state index contributed by atoms with van der Waals surface area (Å²) in [5, 5.41) is 5.88. The maximum absolute atomic E-state index is 12.6. The topological polar surface area (TPSA) is 80.3 Å². The van der Waals surface area contributed by atoms with Crippen molar-refractivity contribution in [2.75, 3.05) is 17.7 Å². The molecule has 2 amide bonds. The molecule has 2 aromatic carbocycles. The van der Waals surface area contributed by atoms with Crippen LogP contribution in [-0.2, 0) is 0 Å². The van der Waals surface area contributed by atoms with E-state index in [2.05, 4.69) is 15.6 Å². The molecule has 27 heavy (non-hydrogen) atoms. The van der Waals surface area contributed by atoms with Gasteiger partial charge < -0.3 is 15.4 Å². The number of carbonyl (C=O) groups excluding carboxylic acids is 2. The fraction of sp³-hybridized carbons (Fsp3) is 0.0500. The van der Waals surface area contributed by atoms with Gasteiger partial charge in [0.25, 0.3) is 11.8 Å². The molecule has 0 radical (unpaired) electrons. The van der Waals surface area contributed by atoms with Crippen LogP contribution in [0.1, 0.15) is 20.7 Å². The van der Waals surface area contributed by atoms with E-state index in [0.717, 1.165) is 0 Å². The Morgan fingerprint density at radius 2 is 1.63 bits per heavy atom. The summed E-state index contributed by atoms with van der Waals surface area (Å²) in [4.78, 5) is 29.0. The number of methoxy groups -OCH3 is 1. The zero-order valence-corrected chi connectivity index (χ0v) is 15.2. The van der Waals surface area contributed by atoms with E-state index in [-0.39, 0.29) is 11.5 Å². The van der Waals surface area contributed by atoms with Crippen LogP contribution in [-0.4, -0.2) is 23.9 Å². The van der Waals surface area contributed by atoms with Crippen LogP contribution in [0.5, 0.6) is 5.75 Å². The summed E-state index contributed by atoms with van der Waals surface area (Å²) >= 11 is 6.03. The zero-order valence-electron chi connectivity index (χ0n) is 14.4. The molecule has 0 spiro atoms. The van der Waals surface area contributed by atoms with Crippen molar-refractivity contribution in [2.45, 2.75) is 0 Å². The summed E-state index contributed by atoms with van der Waals surface area (Å²) in [7, 11) is 1.55. The molecule has 7 heteroatoms. The number of ether oxygens (including phenoxy) is 1. The molecule has 0 aliphatic carbocycles. The molecule has 6 nitrogen and oxygen atoms in total. The second-order valence-corrected chi connectivity index (χ2v) is 6.00. The largest absolute Gasteiger partial charge is 0.497 e. The Balaban J connectivity index is 1.82. The molecule has 136 valence electrons. The van der Waals surface area contributed by atoms with Gasteiger partial charge in [-0.2, -0.15) is 0 Å². The predicted molar refractivity (Wildman–Crippen MR) is 105 cm³/mol. The van der Waals surface area contributed by atoms with Gasteiger partial charge in [-0.15, -0.1) is 0 Å². The predicted octanol–water partition coefficient (Wildman–Crippen LogP) is 4.25. The van der Waals surface area contributed by atoms with E-state index in [1.54, 1.807) is 68.0 Å². The Bertz CT molecular complexity index is 960. The number of aromatic nitrogens is 1. The van der Waals surface area contributed by atoms with Gasteiger partial charge >= 0.3 is 0 Å². The van der Waals surface area contributed by atoms with Crippen LogP contribution < -0.4 is 15.4 Å². The SMILES string of the molecule is COc1ccc(C(=O)Nc2ccc(Cl)cc2C(=O)Nc2ccncc2)cc1. The molecule has 0 atom stereocenters. The summed E-state index contributed by atoms with van der Waals surface area (Å²) in [5.41, 5.74) is 1.63. The van der Waals surface area contributed by atoms with Crippen LogP contribution in [0.4, 0.5) is 11.4 Å². The molecule has 0 bridgehead atoms. The Hall–Kier alpha value is -3.38. The lowest BCUT2D eigenvalue weighted by molar-refractivity contribution is 0.102. The normalized spacial score (nSPS) is 10.1. The number of hydrogen-bond acceptors (Lipinski definition) is 4. The average Bonchev–Trinajstić information content (AvgIpc) is 2.70. The molecule has 0 aliphatic rings. The van der Waals surface area contributed by atoms with Crippen molar-refractivity contribution >= 4 is 34.8 Å². The highest BCUT2D eigenvalue weighted by Gasteiger charge is 2.15. The van der Waals surface area contributed by atoms with Gasteiger partial charge in [0.15, 0.2) is 0 Å². The number of rotatable bonds is 5. The molecule has 3 rings (SSSR count). The van der Waals surface area contributed by atoms with Crippen LogP contribution in [0.2, 0.25) is 5.02 Å². The molecule has 0 saturated heterocycles. The fourth-order valence-corrected chi connectivity index (χ4v) is 2.56. The second-order valence-electron chi connectivity index (χ2n) is 5.56. The lowest BCUT2D eigenvalue weighted by Gasteiger charge is -2.12. The Morgan fingerprint density at radius 3 is 2.30 bits per heavy atom. The highest BCUT2D eigenvalue weighted by atomic mass is 35.5. The smallest absolute Gasteiger partial charge is 0.257 e. The van der Waals surface area contributed by atoms with Gasteiger partial charge in [-0.05, 0) is 54.6 Å². The number of benzene rings is 2. The Labute approximate surface area is 161 Å². The van der Waals surface area contributed by atoms with Gasteiger partial charge in [0.1, 0.15) is 5.75 Å². The summed E-state index contributed by atoms with van der Waals surface area (Å²) < 4.78 is 5.08. The first-order chi connectivity index (χ1) is 13.1. The molecule has 0 saturated carbocycles. The number of anilines is 2. The van der Waals surface area contributed by atoms with Crippen molar-refractivity contribution < 1.29 is 14.3 Å². The standard InChI is InChI=1S/C20H16ClN3O3/c1-27-16-5-2-13(3-6-16)19(25)24-18-7-4-14(21)12-17(18)20(26)23-15-8-10-22-11-9-15/h2-12H,1H3,(H,24,25)(H,22,23,26). The quantitative estimate of drug-likeness (QED) is 0.692. The van der Waals surface area contributed by atoms with Crippen molar-refractivity contribution in [3.63, 3.8) is 0 Å². The zero-order chi connectivity index (χ0) is 19.2. The third-order valence-corrected chi connectivity index (χ3v) is 4.00. The van der Waals surface area contributed by atoms with Crippen molar-refractivity contribution in [3.05, 3.63) is 83.1 Å². The van der Waals surface area contributed by atoms with Crippen LogP contribution in [0.15, 0.2) is 67.0 Å². The Morgan fingerprint density at radius 1 is 0.926 bits per heavy atom. The first kappa shape index (κ1) is 18.4. The number of pyridine rings is 1. The van der Waals surface area contributed by atoms with E-state index in [1.807, 2.05) is 0 Å². The van der Waals surface area contributed by atoms with Crippen LogP contribution in [0.3, 0.4) is 0 Å². The summed E-state index contributed by atoms with van der Waals surface area (Å²) in [6, 6.07) is 14.7. The van der Waals surface area contributed by atoms with Crippen molar-refractivity contribution in [1.29, 1.82) is 0 Å². The fourth-order valence-electron chi connectivity index (χ4n) is 2.38. The molecule has 0 fully saturated rings. The minimum Gasteiger partial charge on any atom is -0.497 e. The van der Waals surface area contributed by atoms with Gasteiger partial charge in [-0.1, -0.05) is 11.6 Å². The van der Waals surface area contributed by atoms with Gasteiger partial charge in [0, 0.05) is 28.7 Å².